The Kier molecular flexibility index (Phi) is 6.44. The van der Waals surface area contributed by atoms with Gasteiger partial charge in [-0.05, 0) is 74.2 Å². The molecule has 0 atom stereocenters. The first kappa shape index (κ1) is 21.1. The fourth-order valence-corrected chi connectivity index (χ4v) is 4.10. The van der Waals surface area contributed by atoms with Gasteiger partial charge in [0.25, 0.3) is 5.91 Å². The number of ether oxygens (including phenoxy) is 1. The van der Waals surface area contributed by atoms with E-state index in [-0.39, 0.29) is 5.91 Å². The first-order valence-corrected chi connectivity index (χ1v) is 11.0. The molecule has 1 saturated carbocycles. The number of nitrogens with one attached hydrogen (secondary N) is 1. The zero-order valence-electron chi connectivity index (χ0n) is 17.0. The topological polar surface area (TPSA) is 79.0 Å². The molecule has 1 fully saturated rings. The second-order valence-electron chi connectivity index (χ2n) is 7.31. The Labute approximate surface area is 172 Å². The largest absolute Gasteiger partial charge is 0.490 e. The minimum atomic E-state index is -3.57. The number of carbonyl (C=O) groups excluding carboxylic acids is 1. The molecule has 29 heavy (non-hydrogen) atoms. The summed E-state index contributed by atoms with van der Waals surface area (Å²) in [4.78, 5) is 12.5. The van der Waals surface area contributed by atoms with Crippen molar-refractivity contribution in [2.75, 3.05) is 30.8 Å². The molecule has 1 aliphatic carbocycles. The van der Waals surface area contributed by atoms with Crippen molar-refractivity contribution in [1.82, 2.24) is 4.31 Å². The van der Waals surface area contributed by atoms with E-state index in [1.165, 1.54) is 34.0 Å². The Morgan fingerprint density at radius 3 is 2.10 bits per heavy atom. The lowest BCUT2D eigenvalue weighted by Crippen LogP contribution is -2.37. The summed E-state index contributed by atoms with van der Waals surface area (Å²) < 4.78 is 32.6. The van der Waals surface area contributed by atoms with Crippen molar-refractivity contribution < 1.29 is 17.9 Å². The van der Waals surface area contributed by atoms with Crippen molar-refractivity contribution in [1.29, 1.82) is 0 Å². The van der Waals surface area contributed by atoms with E-state index < -0.39 is 10.2 Å². The van der Waals surface area contributed by atoms with Gasteiger partial charge in [-0.2, -0.15) is 12.7 Å². The Morgan fingerprint density at radius 1 is 0.966 bits per heavy atom. The molecule has 1 N–H and O–H groups in total. The molecule has 0 unspecified atom stereocenters. The van der Waals surface area contributed by atoms with E-state index in [0.717, 1.165) is 27.2 Å². The summed E-state index contributed by atoms with van der Waals surface area (Å²) in [6, 6.07) is 13.8. The van der Waals surface area contributed by atoms with Crippen LogP contribution >= 0.6 is 0 Å². The van der Waals surface area contributed by atoms with Gasteiger partial charge in [-0.15, -0.1) is 0 Å². The van der Waals surface area contributed by atoms with Crippen LogP contribution in [0.25, 0.3) is 0 Å². The van der Waals surface area contributed by atoms with Gasteiger partial charge in [0.2, 0.25) is 0 Å². The molecule has 0 aliphatic heterocycles. The maximum Gasteiger partial charge on any atom is 0.303 e. The van der Waals surface area contributed by atoms with Gasteiger partial charge in [-0.1, -0.05) is 0 Å². The van der Waals surface area contributed by atoms with Crippen LogP contribution in [0.1, 0.15) is 36.0 Å². The number of carbonyl (C=O) groups is 1. The molecule has 0 heterocycles. The minimum absolute atomic E-state index is 0.265. The fraction of sp³-hybridized carbons (Fsp3) is 0.381. The average molecular weight is 418 g/mol. The maximum absolute atomic E-state index is 12.5. The first-order valence-electron chi connectivity index (χ1n) is 9.62. The van der Waals surface area contributed by atoms with Crippen LogP contribution in [-0.2, 0) is 10.2 Å². The van der Waals surface area contributed by atoms with E-state index in [1.807, 2.05) is 24.3 Å². The van der Waals surface area contributed by atoms with Crippen LogP contribution in [0, 0.1) is 0 Å². The van der Waals surface area contributed by atoms with E-state index in [1.54, 1.807) is 24.3 Å². The van der Waals surface area contributed by atoms with Crippen molar-refractivity contribution in [2.45, 2.75) is 31.8 Å². The number of benzene rings is 2. The summed E-state index contributed by atoms with van der Waals surface area (Å²) in [6.07, 6.45) is 4.92. The molecule has 0 bridgehead atoms. The smallest absolute Gasteiger partial charge is 0.303 e. The van der Waals surface area contributed by atoms with Crippen molar-refractivity contribution in [2.24, 2.45) is 0 Å². The Hall–Kier alpha value is -2.58. The molecule has 2 aromatic rings. The lowest BCUT2D eigenvalue weighted by Gasteiger charge is -2.23. The summed E-state index contributed by atoms with van der Waals surface area (Å²) in [5, 5.41) is 2.84. The summed E-state index contributed by atoms with van der Waals surface area (Å²) in [5.74, 6) is 0.545. The lowest BCUT2D eigenvalue weighted by atomic mass is 10.2. The third kappa shape index (κ3) is 5.07. The van der Waals surface area contributed by atoms with Gasteiger partial charge in [0.15, 0.2) is 0 Å². The fourth-order valence-electron chi connectivity index (χ4n) is 3.22. The summed E-state index contributed by atoms with van der Waals surface area (Å²) in [6.45, 7) is 0. The van der Waals surface area contributed by atoms with Crippen molar-refractivity contribution in [3.63, 3.8) is 0 Å². The number of anilines is 2. The van der Waals surface area contributed by atoms with Crippen LogP contribution in [-0.4, -0.2) is 45.9 Å². The molecule has 0 radical (unpaired) electrons. The standard InChI is InChI=1S/C21H27N3O4S/c1-23(2)29(26,27)24(3)18-12-8-16(9-13-18)21(25)22-17-10-14-20(15-11-17)28-19-6-4-5-7-19/h8-15,19H,4-7H2,1-3H3,(H,22,25). The Balaban J connectivity index is 1.62. The van der Waals surface area contributed by atoms with Crippen LogP contribution in [0.3, 0.4) is 0 Å². The molecule has 7 nitrogen and oxygen atoms in total. The number of nitrogens with zero attached hydrogens (tertiary/aromatic N) is 2. The molecule has 1 amide bonds. The van der Waals surface area contributed by atoms with E-state index in [0.29, 0.717) is 23.0 Å². The van der Waals surface area contributed by atoms with Gasteiger partial charge in [-0.25, -0.2) is 0 Å². The van der Waals surface area contributed by atoms with Gasteiger partial charge in [0.1, 0.15) is 5.75 Å². The molecule has 1 aliphatic rings. The highest BCUT2D eigenvalue weighted by Crippen LogP contribution is 2.25. The zero-order chi connectivity index (χ0) is 21.0. The quantitative estimate of drug-likeness (QED) is 0.748. The second kappa shape index (κ2) is 8.84. The normalized spacial score (nSPS) is 14.8. The molecule has 3 rings (SSSR count). The van der Waals surface area contributed by atoms with Crippen LogP contribution < -0.4 is 14.4 Å². The van der Waals surface area contributed by atoms with Gasteiger partial charge in [-0.3, -0.25) is 9.10 Å². The SMILES string of the molecule is CN(C)S(=O)(=O)N(C)c1ccc(C(=O)Nc2ccc(OC3CCCC3)cc2)cc1. The highest BCUT2D eigenvalue weighted by Gasteiger charge is 2.21. The second-order valence-corrected chi connectivity index (χ2v) is 9.48. The lowest BCUT2D eigenvalue weighted by molar-refractivity contribution is 0.102. The minimum Gasteiger partial charge on any atom is -0.490 e. The van der Waals surface area contributed by atoms with E-state index >= 15 is 0 Å². The number of rotatable bonds is 7. The van der Waals surface area contributed by atoms with Crippen molar-refractivity contribution in [3.05, 3.63) is 54.1 Å². The predicted molar refractivity (Wildman–Crippen MR) is 115 cm³/mol. The monoisotopic (exact) mass is 417 g/mol. The summed E-state index contributed by atoms with van der Waals surface area (Å²) in [7, 11) is 0.841. The maximum atomic E-state index is 12.5. The molecule has 0 saturated heterocycles. The third-order valence-electron chi connectivity index (χ3n) is 5.02. The molecule has 2 aromatic carbocycles. The first-order chi connectivity index (χ1) is 13.8. The summed E-state index contributed by atoms with van der Waals surface area (Å²) >= 11 is 0. The molecule has 0 aromatic heterocycles. The molecular formula is C21H27N3O4S. The van der Waals surface area contributed by atoms with Crippen LogP contribution in [0.4, 0.5) is 11.4 Å². The molecular weight excluding hydrogens is 390 g/mol. The van der Waals surface area contributed by atoms with Crippen LogP contribution in [0.2, 0.25) is 0 Å². The van der Waals surface area contributed by atoms with Crippen LogP contribution in [0.15, 0.2) is 48.5 Å². The van der Waals surface area contributed by atoms with Crippen LogP contribution in [0.5, 0.6) is 5.75 Å². The average Bonchev–Trinajstić information content (AvgIpc) is 3.22. The third-order valence-corrected chi connectivity index (χ3v) is 6.84. The van der Waals surface area contributed by atoms with Gasteiger partial charge < -0.3 is 10.1 Å². The number of hydrogen-bond acceptors (Lipinski definition) is 4. The van der Waals surface area contributed by atoms with Crippen molar-refractivity contribution >= 4 is 27.5 Å². The molecule has 8 heteroatoms. The highest BCUT2D eigenvalue weighted by atomic mass is 32.2. The highest BCUT2D eigenvalue weighted by molar-refractivity contribution is 7.90. The van der Waals surface area contributed by atoms with E-state index in [9.17, 15) is 13.2 Å². The molecule has 156 valence electrons. The Morgan fingerprint density at radius 2 is 1.55 bits per heavy atom. The van der Waals surface area contributed by atoms with Crippen molar-refractivity contribution in [3.8, 4) is 5.75 Å². The van der Waals surface area contributed by atoms with E-state index in [4.69, 9.17) is 4.74 Å². The number of amides is 1. The zero-order valence-corrected chi connectivity index (χ0v) is 17.8. The van der Waals surface area contributed by atoms with Gasteiger partial charge in [0.05, 0.1) is 11.8 Å². The van der Waals surface area contributed by atoms with E-state index in [2.05, 4.69) is 5.32 Å². The molecule has 0 spiro atoms. The predicted octanol–water partition coefficient (Wildman–Crippen LogP) is 3.50. The number of hydrogen-bond donors (Lipinski definition) is 1. The van der Waals surface area contributed by atoms with Gasteiger partial charge >= 0.3 is 10.2 Å². The summed E-state index contributed by atoms with van der Waals surface area (Å²) in [5.41, 5.74) is 1.59. The van der Waals surface area contributed by atoms with Gasteiger partial charge in [0, 0.05) is 32.4 Å². The Bertz CT molecular complexity index is 935.